The molecule has 0 radical (unpaired) electrons. The van der Waals surface area contributed by atoms with Crippen molar-refractivity contribution in [2.75, 3.05) is 11.9 Å². The van der Waals surface area contributed by atoms with Gasteiger partial charge in [0.2, 0.25) is 5.78 Å². The topological polar surface area (TPSA) is 63.4 Å². The molecule has 0 N–H and O–H groups in total. The lowest BCUT2D eigenvalue weighted by atomic mass is 10.2. The van der Waals surface area contributed by atoms with E-state index in [4.69, 9.17) is 4.42 Å². The van der Waals surface area contributed by atoms with Crippen LogP contribution in [0, 0.1) is 6.92 Å². The number of oxazole rings is 1. The van der Waals surface area contributed by atoms with E-state index in [0.29, 0.717) is 22.7 Å². The van der Waals surface area contributed by atoms with E-state index in [2.05, 4.69) is 4.98 Å². The van der Waals surface area contributed by atoms with Gasteiger partial charge in [-0.15, -0.1) is 0 Å². The number of carbonyl (C=O) groups excluding carboxylic acids is 2. The molecule has 1 amide bonds. The Morgan fingerprint density at radius 3 is 2.71 bits per heavy atom. The molecule has 2 rings (SSSR count). The Morgan fingerprint density at radius 2 is 2.06 bits per heavy atom. The Morgan fingerprint density at radius 1 is 1.35 bits per heavy atom. The van der Waals surface area contributed by atoms with Crippen molar-refractivity contribution in [3.63, 3.8) is 0 Å². The average Bonchev–Trinajstić information content (AvgIpc) is 2.65. The number of ketones is 1. The van der Waals surface area contributed by atoms with Crippen LogP contribution >= 0.6 is 0 Å². The Labute approximate surface area is 98.0 Å². The fraction of sp³-hybridized carbons (Fsp3) is 0.250. The number of carbonyl (C=O) groups is 2. The van der Waals surface area contributed by atoms with E-state index in [1.807, 2.05) is 0 Å². The highest BCUT2D eigenvalue weighted by atomic mass is 16.3. The van der Waals surface area contributed by atoms with E-state index in [1.165, 1.54) is 11.8 Å². The first-order chi connectivity index (χ1) is 7.99. The molecule has 0 fully saturated rings. The van der Waals surface area contributed by atoms with Gasteiger partial charge in [-0.05, 0) is 18.2 Å². The number of hydrogen-bond donors (Lipinski definition) is 0. The predicted molar refractivity (Wildman–Crippen MR) is 62.8 cm³/mol. The molecule has 5 nitrogen and oxygen atoms in total. The molecule has 0 aliphatic heterocycles. The van der Waals surface area contributed by atoms with Crippen LogP contribution < -0.4 is 4.90 Å². The summed E-state index contributed by atoms with van der Waals surface area (Å²) in [5, 5.41) is 0. The maximum Gasteiger partial charge on any atom is 0.293 e. The fourth-order valence-corrected chi connectivity index (χ4v) is 1.59. The van der Waals surface area contributed by atoms with Crippen LogP contribution in [-0.2, 0) is 9.59 Å². The molecule has 0 spiro atoms. The first kappa shape index (κ1) is 11.3. The zero-order chi connectivity index (χ0) is 12.6. The molecule has 0 aliphatic rings. The molecule has 5 heteroatoms. The molecule has 0 aliphatic carbocycles. The molecule has 0 saturated heterocycles. The quantitative estimate of drug-likeness (QED) is 0.739. The number of benzene rings is 1. The van der Waals surface area contributed by atoms with Gasteiger partial charge in [-0.2, -0.15) is 0 Å². The highest BCUT2D eigenvalue weighted by Gasteiger charge is 2.16. The minimum absolute atomic E-state index is 0.496. The first-order valence-electron chi connectivity index (χ1n) is 5.15. The van der Waals surface area contributed by atoms with Crippen LogP contribution in [0.5, 0.6) is 0 Å². The maximum atomic E-state index is 11.5. The number of fused-ring (bicyclic) bond motifs is 1. The van der Waals surface area contributed by atoms with Gasteiger partial charge < -0.3 is 9.32 Å². The summed E-state index contributed by atoms with van der Waals surface area (Å²) in [7, 11) is 1.55. The molecule has 0 saturated carbocycles. The van der Waals surface area contributed by atoms with Crippen molar-refractivity contribution in [3.8, 4) is 0 Å². The molecule has 1 aromatic carbocycles. The molecule has 1 aromatic heterocycles. The summed E-state index contributed by atoms with van der Waals surface area (Å²) in [6.07, 6.45) is 0. The molecule has 0 bridgehead atoms. The first-order valence-corrected chi connectivity index (χ1v) is 5.15. The predicted octanol–water partition coefficient (Wildman–Crippen LogP) is 1.69. The van der Waals surface area contributed by atoms with Gasteiger partial charge in [0.15, 0.2) is 11.5 Å². The van der Waals surface area contributed by atoms with E-state index in [0.717, 1.165) is 0 Å². The lowest BCUT2D eigenvalue weighted by Crippen LogP contribution is -2.31. The third-order valence-corrected chi connectivity index (χ3v) is 2.47. The molecule has 2 aromatic rings. The molecule has 17 heavy (non-hydrogen) atoms. The normalized spacial score (nSPS) is 10.5. The second-order valence-corrected chi connectivity index (χ2v) is 3.81. The minimum Gasteiger partial charge on any atom is -0.441 e. The van der Waals surface area contributed by atoms with Crippen LogP contribution in [0.4, 0.5) is 5.69 Å². The summed E-state index contributed by atoms with van der Waals surface area (Å²) in [6.45, 7) is 3.00. The van der Waals surface area contributed by atoms with E-state index >= 15 is 0 Å². The number of amides is 1. The van der Waals surface area contributed by atoms with Crippen LogP contribution in [-0.4, -0.2) is 23.7 Å². The van der Waals surface area contributed by atoms with Crippen molar-refractivity contribution < 1.29 is 14.0 Å². The number of likely N-dealkylation sites (N-methyl/N-ethyl adjacent to an activating group) is 1. The van der Waals surface area contributed by atoms with Crippen molar-refractivity contribution in [3.05, 3.63) is 24.1 Å². The second-order valence-electron chi connectivity index (χ2n) is 3.81. The molecular formula is C12H12N2O3. The Hall–Kier alpha value is -2.17. The van der Waals surface area contributed by atoms with E-state index in [-0.39, 0.29) is 0 Å². The highest BCUT2D eigenvalue weighted by molar-refractivity contribution is 6.40. The summed E-state index contributed by atoms with van der Waals surface area (Å²) < 4.78 is 5.33. The highest BCUT2D eigenvalue weighted by Crippen LogP contribution is 2.21. The maximum absolute atomic E-state index is 11.5. The second kappa shape index (κ2) is 4.01. The SMILES string of the molecule is CC(=O)C(=O)N(C)c1ccc2oc(C)nc2c1. The lowest BCUT2D eigenvalue weighted by molar-refractivity contribution is -0.134. The van der Waals surface area contributed by atoms with Crippen molar-refractivity contribution in [1.29, 1.82) is 0 Å². The summed E-state index contributed by atoms with van der Waals surface area (Å²) >= 11 is 0. The van der Waals surface area contributed by atoms with Crippen LogP contribution in [0.1, 0.15) is 12.8 Å². The Balaban J connectivity index is 2.42. The van der Waals surface area contributed by atoms with Gasteiger partial charge in [-0.3, -0.25) is 9.59 Å². The summed E-state index contributed by atoms with van der Waals surface area (Å²) in [4.78, 5) is 28.0. The van der Waals surface area contributed by atoms with E-state index < -0.39 is 11.7 Å². The van der Waals surface area contributed by atoms with Crippen LogP contribution in [0.15, 0.2) is 22.6 Å². The van der Waals surface area contributed by atoms with Crippen LogP contribution in [0.2, 0.25) is 0 Å². The zero-order valence-corrected chi connectivity index (χ0v) is 9.85. The van der Waals surface area contributed by atoms with Gasteiger partial charge in [0.25, 0.3) is 5.91 Å². The number of anilines is 1. The standard InChI is InChI=1S/C12H12N2O3/c1-7(15)12(16)14(3)9-4-5-11-10(6-9)13-8(2)17-11/h4-6H,1-3H3. The zero-order valence-electron chi connectivity index (χ0n) is 9.85. The number of rotatable bonds is 2. The van der Waals surface area contributed by atoms with Gasteiger partial charge in [-0.1, -0.05) is 0 Å². The van der Waals surface area contributed by atoms with Crippen molar-refractivity contribution in [2.24, 2.45) is 0 Å². The average molecular weight is 232 g/mol. The van der Waals surface area contributed by atoms with Gasteiger partial charge in [-0.25, -0.2) is 4.98 Å². The van der Waals surface area contributed by atoms with Gasteiger partial charge in [0.05, 0.1) is 0 Å². The number of nitrogens with zero attached hydrogens (tertiary/aromatic N) is 2. The number of Topliss-reactive ketones (excluding diaryl/α,β-unsaturated/α-hetero) is 1. The molecule has 0 atom stereocenters. The smallest absolute Gasteiger partial charge is 0.293 e. The fourth-order valence-electron chi connectivity index (χ4n) is 1.59. The number of aromatic nitrogens is 1. The summed E-state index contributed by atoms with van der Waals surface area (Å²) in [5.41, 5.74) is 1.95. The third-order valence-electron chi connectivity index (χ3n) is 2.47. The summed E-state index contributed by atoms with van der Waals surface area (Å²) in [5.74, 6) is -0.480. The molecule has 88 valence electrons. The molecular weight excluding hydrogens is 220 g/mol. The van der Waals surface area contributed by atoms with Crippen LogP contribution in [0.3, 0.4) is 0 Å². The van der Waals surface area contributed by atoms with E-state index in [9.17, 15) is 9.59 Å². The van der Waals surface area contributed by atoms with Crippen molar-refractivity contribution in [2.45, 2.75) is 13.8 Å². The number of hydrogen-bond acceptors (Lipinski definition) is 4. The third kappa shape index (κ3) is 2.04. The number of aryl methyl sites for hydroxylation is 1. The van der Waals surface area contributed by atoms with Gasteiger partial charge in [0, 0.05) is 26.6 Å². The minimum atomic E-state index is -0.551. The monoisotopic (exact) mass is 232 g/mol. The van der Waals surface area contributed by atoms with Gasteiger partial charge >= 0.3 is 0 Å². The van der Waals surface area contributed by atoms with E-state index in [1.54, 1.807) is 32.2 Å². The largest absolute Gasteiger partial charge is 0.441 e. The molecule has 1 heterocycles. The van der Waals surface area contributed by atoms with Crippen molar-refractivity contribution >= 4 is 28.5 Å². The van der Waals surface area contributed by atoms with Crippen molar-refractivity contribution in [1.82, 2.24) is 4.98 Å². The molecule has 0 unspecified atom stereocenters. The lowest BCUT2D eigenvalue weighted by Gasteiger charge is -2.14. The summed E-state index contributed by atoms with van der Waals surface area (Å²) in [6, 6.07) is 5.16. The van der Waals surface area contributed by atoms with Gasteiger partial charge in [0.1, 0.15) is 5.52 Å². The Bertz CT molecular complexity index is 601. The van der Waals surface area contributed by atoms with Crippen LogP contribution in [0.25, 0.3) is 11.1 Å². The Kier molecular flexibility index (Phi) is 2.67.